The van der Waals surface area contributed by atoms with Crippen LogP contribution in [0.15, 0.2) is 24.4 Å². The fourth-order valence-electron chi connectivity index (χ4n) is 4.15. The minimum absolute atomic E-state index is 0.0487. The second kappa shape index (κ2) is 7.30. The summed E-state index contributed by atoms with van der Waals surface area (Å²) in [5.74, 6) is 1.10. The van der Waals surface area contributed by atoms with Crippen LogP contribution in [0.3, 0.4) is 0 Å². The number of hydrogen-bond acceptors (Lipinski definition) is 5. The Labute approximate surface area is 148 Å². The second-order valence-electron chi connectivity index (χ2n) is 7.32. The summed E-state index contributed by atoms with van der Waals surface area (Å²) in [7, 11) is 0. The highest BCUT2D eigenvalue weighted by Crippen LogP contribution is 2.37. The largest absolute Gasteiger partial charge is 0.472 e. The van der Waals surface area contributed by atoms with Gasteiger partial charge in [-0.1, -0.05) is 6.07 Å². The lowest BCUT2D eigenvalue weighted by Gasteiger charge is -2.40. The van der Waals surface area contributed by atoms with Crippen molar-refractivity contribution in [3.63, 3.8) is 0 Å². The topological polar surface area (TPSA) is 60.9 Å². The fourth-order valence-corrected chi connectivity index (χ4v) is 4.15. The zero-order valence-electron chi connectivity index (χ0n) is 14.6. The highest BCUT2D eigenvalue weighted by Gasteiger charge is 2.45. The Morgan fingerprint density at radius 1 is 1.24 bits per heavy atom. The van der Waals surface area contributed by atoms with E-state index in [1.165, 1.54) is 0 Å². The maximum absolute atomic E-state index is 12.7. The van der Waals surface area contributed by atoms with Gasteiger partial charge in [0.05, 0.1) is 12.2 Å². The molecule has 6 nitrogen and oxygen atoms in total. The van der Waals surface area contributed by atoms with E-state index in [-0.39, 0.29) is 17.6 Å². The third kappa shape index (κ3) is 3.80. The minimum Gasteiger partial charge on any atom is -0.472 e. The van der Waals surface area contributed by atoms with Crippen molar-refractivity contribution in [2.24, 2.45) is 5.92 Å². The first kappa shape index (κ1) is 16.8. The van der Waals surface area contributed by atoms with Gasteiger partial charge in [-0.15, -0.1) is 0 Å². The lowest BCUT2D eigenvalue weighted by Crippen LogP contribution is -2.49. The summed E-state index contributed by atoms with van der Waals surface area (Å²) < 4.78 is 17.4. The summed E-state index contributed by atoms with van der Waals surface area (Å²) in [6.07, 6.45) is 6.17. The molecule has 0 radical (unpaired) electrons. The molecule has 1 aromatic heterocycles. The van der Waals surface area contributed by atoms with E-state index in [9.17, 15) is 4.79 Å². The van der Waals surface area contributed by atoms with Crippen molar-refractivity contribution in [3.05, 3.63) is 24.4 Å². The van der Waals surface area contributed by atoms with Crippen LogP contribution in [0.5, 0.6) is 5.88 Å². The highest BCUT2D eigenvalue weighted by atomic mass is 16.6. The van der Waals surface area contributed by atoms with E-state index in [2.05, 4.69) is 4.98 Å². The Morgan fingerprint density at radius 3 is 2.76 bits per heavy atom. The van der Waals surface area contributed by atoms with Gasteiger partial charge in [-0.2, -0.15) is 0 Å². The number of ether oxygens (including phenoxy) is 3. The number of piperidine rings is 1. The number of amides is 1. The molecule has 0 aromatic carbocycles. The average Bonchev–Trinajstić information content (AvgIpc) is 3.05. The molecule has 3 fully saturated rings. The summed E-state index contributed by atoms with van der Waals surface area (Å²) in [5.41, 5.74) is -0.133. The maximum Gasteiger partial charge on any atom is 0.225 e. The van der Waals surface area contributed by atoms with E-state index >= 15 is 0 Å². The van der Waals surface area contributed by atoms with Gasteiger partial charge in [0.25, 0.3) is 0 Å². The molecule has 6 heteroatoms. The molecular formula is C19H26N2O4. The quantitative estimate of drug-likeness (QED) is 0.838. The number of likely N-dealkylation sites (tertiary alicyclic amines) is 1. The van der Waals surface area contributed by atoms with Gasteiger partial charge in [0, 0.05) is 50.9 Å². The van der Waals surface area contributed by atoms with Crippen LogP contribution in [-0.2, 0) is 14.3 Å². The molecule has 1 atom stereocenters. The normalized spacial score (nSPS) is 26.7. The molecule has 3 aliphatic rings. The summed E-state index contributed by atoms with van der Waals surface area (Å²) in [6, 6.07) is 5.68. The second-order valence-corrected chi connectivity index (χ2v) is 7.32. The van der Waals surface area contributed by atoms with Gasteiger partial charge in [0.15, 0.2) is 0 Å². The van der Waals surface area contributed by atoms with Crippen molar-refractivity contribution in [2.45, 2.75) is 43.8 Å². The molecule has 0 N–H and O–H groups in total. The number of carbonyl (C=O) groups is 1. The van der Waals surface area contributed by atoms with Gasteiger partial charge in [0.2, 0.25) is 11.8 Å². The Balaban J connectivity index is 1.29. The van der Waals surface area contributed by atoms with Crippen LogP contribution in [0.4, 0.5) is 0 Å². The first-order valence-electron chi connectivity index (χ1n) is 9.32. The molecular weight excluding hydrogens is 320 g/mol. The molecule has 0 aliphatic carbocycles. The SMILES string of the molecule is O=C(C1CCOCC1)N1CCC2(CC1)C[C@H](Oc1ccccn1)CO2. The zero-order chi connectivity index (χ0) is 17.1. The smallest absolute Gasteiger partial charge is 0.225 e. The van der Waals surface area contributed by atoms with Crippen molar-refractivity contribution < 1.29 is 19.0 Å². The van der Waals surface area contributed by atoms with Crippen LogP contribution in [0.2, 0.25) is 0 Å². The molecule has 1 aromatic rings. The number of aromatic nitrogens is 1. The first-order valence-corrected chi connectivity index (χ1v) is 9.32. The summed E-state index contributed by atoms with van der Waals surface area (Å²) >= 11 is 0. The summed E-state index contributed by atoms with van der Waals surface area (Å²) in [4.78, 5) is 18.9. The van der Waals surface area contributed by atoms with Gasteiger partial charge >= 0.3 is 0 Å². The molecule has 4 rings (SSSR count). The summed E-state index contributed by atoms with van der Waals surface area (Å²) in [6.45, 7) is 3.59. The number of hydrogen-bond donors (Lipinski definition) is 0. The first-order chi connectivity index (χ1) is 12.2. The Hall–Kier alpha value is -1.66. The predicted molar refractivity (Wildman–Crippen MR) is 91.3 cm³/mol. The third-order valence-electron chi connectivity index (χ3n) is 5.66. The van der Waals surface area contributed by atoms with Crippen molar-refractivity contribution >= 4 is 5.91 Å². The van der Waals surface area contributed by atoms with Gasteiger partial charge < -0.3 is 19.1 Å². The standard InChI is InChI=1S/C19H26N2O4/c22-18(15-4-11-23-12-5-15)21-9-6-19(7-10-21)13-16(14-24-19)25-17-3-1-2-8-20-17/h1-3,8,15-16H,4-7,9-14H2/t16-/m0/s1. The zero-order valence-corrected chi connectivity index (χ0v) is 14.6. The molecule has 25 heavy (non-hydrogen) atoms. The number of rotatable bonds is 3. The van der Waals surface area contributed by atoms with E-state index in [1.807, 2.05) is 23.1 Å². The van der Waals surface area contributed by atoms with Gasteiger partial charge in [0.1, 0.15) is 6.10 Å². The molecule has 1 spiro atoms. The van der Waals surface area contributed by atoms with Crippen molar-refractivity contribution in [1.82, 2.24) is 9.88 Å². The predicted octanol–water partition coefficient (Wildman–Crippen LogP) is 2.04. The Bertz CT molecular complexity index is 580. The van der Waals surface area contributed by atoms with Crippen LogP contribution >= 0.6 is 0 Å². The Morgan fingerprint density at radius 2 is 2.04 bits per heavy atom. The van der Waals surface area contributed by atoms with Crippen LogP contribution in [0, 0.1) is 5.92 Å². The average molecular weight is 346 g/mol. The van der Waals surface area contributed by atoms with E-state index in [4.69, 9.17) is 14.2 Å². The Kier molecular flexibility index (Phi) is 4.90. The minimum atomic E-state index is -0.133. The van der Waals surface area contributed by atoms with E-state index in [0.29, 0.717) is 31.6 Å². The third-order valence-corrected chi connectivity index (χ3v) is 5.66. The molecule has 3 saturated heterocycles. The van der Waals surface area contributed by atoms with Crippen molar-refractivity contribution in [3.8, 4) is 5.88 Å². The van der Waals surface area contributed by atoms with Gasteiger partial charge in [-0.05, 0) is 31.7 Å². The number of carbonyl (C=O) groups excluding carboxylic acids is 1. The molecule has 4 heterocycles. The van der Waals surface area contributed by atoms with E-state index in [0.717, 1.165) is 45.2 Å². The maximum atomic E-state index is 12.7. The number of pyridine rings is 1. The lowest BCUT2D eigenvalue weighted by atomic mass is 9.87. The molecule has 3 aliphatic heterocycles. The monoisotopic (exact) mass is 346 g/mol. The molecule has 0 bridgehead atoms. The van der Waals surface area contributed by atoms with Crippen LogP contribution in [0.25, 0.3) is 0 Å². The van der Waals surface area contributed by atoms with E-state index < -0.39 is 0 Å². The van der Waals surface area contributed by atoms with Gasteiger partial charge in [-0.25, -0.2) is 4.98 Å². The molecule has 1 amide bonds. The number of nitrogens with zero attached hydrogens (tertiary/aromatic N) is 2. The van der Waals surface area contributed by atoms with Crippen molar-refractivity contribution in [1.29, 1.82) is 0 Å². The van der Waals surface area contributed by atoms with E-state index in [1.54, 1.807) is 6.20 Å². The van der Waals surface area contributed by atoms with Crippen LogP contribution in [0.1, 0.15) is 32.1 Å². The van der Waals surface area contributed by atoms with Gasteiger partial charge in [-0.3, -0.25) is 4.79 Å². The highest BCUT2D eigenvalue weighted by molar-refractivity contribution is 5.79. The molecule has 0 saturated carbocycles. The van der Waals surface area contributed by atoms with Crippen LogP contribution < -0.4 is 4.74 Å². The molecule has 0 unspecified atom stereocenters. The lowest BCUT2D eigenvalue weighted by molar-refractivity contribution is -0.143. The molecule has 136 valence electrons. The van der Waals surface area contributed by atoms with Crippen molar-refractivity contribution in [2.75, 3.05) is 32.9 Å². The summed E-state index contributed by atoms with van der Waals surface area (Å²) in [5, 5.41) is 0. The van der Waals surface area contributed by atoms with Crippen LogP contribution in [-0.4, -0.2) is 60.4 Å². The fraction of sp³-hybridized carbons (Fsp3) is 0.684.